The SMILES string of the molecule is C=C(C=O)C(C)(C)CC(C)C(C)=C(C)C. The minimum atomic E-state index is -0.0993. The van der Waals surface area contributed by atoms with E-state index in [0.717, 1.165) is 12.7 Å². The van der Waals surface area contributed by atoms with E-state index in [1.165, 1.54) is 11.1 Å². The van der Waals surface area contributed by atoms with Gasteiger partial charge in [-0.1, -0.05) is 38.5 Å². The van der Waals surface area contributed by atoms with E-state index < -0.39 is 0 Å². The van der Waals surface area contributed by atoms with Crippen LogP contribution in [0.3, 0.4) is 0 Å². The molecule has 86 valence electrons. The molecule has 0 aromatic heterocycles. The van der Waals surface area contributed by atoms with E-state index in [1.54, 1.807) is 0 Å². The number of aldehydes is 1. The van der Waals surface area contributed by atoms with E-state index in [2.05, 4.69) is 48.1 Å². The lowest BCUT2D eigenvalue weighted by Gasteiger charge is -2.28. The van der Waals surface area contributed by atoms with Crippen molar-refractivity contribution in [3.8, 4) is 0 Å². The summed E-state index contributed by atoms with van der Waals surface area (Å²) in [6, 6.07) is 0. The Morgan fingerprint density at radius 3 is 2.13 bits per heavy atom. The number of rotatable bonds is 5. The first-order chi connectivity index (χ1) is 6.72. The number of hydrogen-bond acceptors (Lipinski definition) is 1. The molecule has 0 aliphatic rings. The van der Waals surface area contributed by atoms with E-state index in [-0.39, 0.29) is 5.41 Å². The van der Waals surface area contributed by atoms with E-state index >= 15 is 0 Å². The Labute approximate surface area is 94.3 Å². The van der Waals surface area contributed by atoms with Gasteiger partial charge < -0.3 is 0 Å². The number of hydrogen-bond donors (Lipinski definition) is 0. The van der Waals surface area contributed by atoms with Crippen LogP contribution in [0.1, 0.15) is 48.0 Å². The summed E-state index contributed by atoms with van der Waals surface area (Å²) in [5.41, 5.74) is 3.38. The van der Waals surface area contributed by atoms with E-state index in [1.807, 2.05) is 0 Å². The summed E-state index contributed by atoms with van der Waals surface area (Å²) in [4.78, 5) is 10.7. The largest absolute Gasteiger partial charge is 0.298 e. The van der Waals surface area contributed by atoms with Crippen LogP contribution in [0.15, 0.2) is 23.3 Å². The number of carbonyl (C=O) groups excluding carboxylic acids is 1. The van der Waals surface area contributed by atoms with Crippen molar-refractivity contribution in [2.24, 2.45) is 11.3 Å². The van der Waals surface area contributed by atoms with E-state index in [9.17, 15) is 4.79 Å². The highest BCUT2D eigenvalue weighted by Crippen LogP contribution is 2.34. The Hall–Kier alpha value is -0.850. The van der Waals surface area contributed by atoms with Crippen LogP contribution < -0.4 is 0 Å². The van der Waals surface area contributed by atoms with Crippen LogP contribution in [0, 0.1) is 11.3 Å². The Balaban J connectivity index is 4.68. The van der Waals surface area contributed by atoms with Gasteiger partial charge in [-0.25, -0.2) is 0 Å². The van der Waals surface area contributed by atoms with Crippen LogP contribution >= 0.6 is 0 Å². The van der Waals surface area contributed by atoms with Gasteiger partial charge in [0.15, 0.2) is 0 Å². The van der Waals surface area contributed by atoms with Gasteiger partial charge in [0.25, 0.3) is 0 Å². The van der Waals surface area contributed by atoms with Gasteiger partial charge in [0.1, 0.15) is 6.29 Å². The van der Waals surface area contributed by atoms with Crippen molar-refractivity contribution in [1.82, 2.24) is 0 Å². The molecule has 0 N–H and O–H groups in total. The standard InChI is InChI=1S/C14H24O/c1-10(2)13(5)11(3)8-14(6,7)12(4)9-15/h9,11H,4,8H2,1-3,5-7H3. The Bertz CT molecular complexity index is 278. The van der Waals surface area contributed by atoms with E-state index in [4.69, 9.17) is 0 Å². The van der Waals surface area contributed by atoms with Crippen LogP contribution in [0.2, 0.25) is 0 Å². The summed E-state index contributed by atoms with van der Waals surface area (Å²) in [7, 11) is 0. The molecule has 0 heterocycles. The maximum absolute atomic E-state index is 10.7. The molecule has 0 bridgehead atoms. The molecular weight excluding hydrogens is 184 g/mol. The van der Waals surface area contributed by atoms with Crippen LogP contribution in [-0.2, 0) is 4.79 Å². The first-order valence-electron chi connectivity index (χ1n) is 5.51. The van der Waals surface area contributed by atoms with E-state index in [0.29, 0.717) is 11.5 Å². The molecular formula is C14H24O. The first-order valence-corrected chi connectivity index (χ1v) is 5.51. The van der Waals surface area contributed by atoms with Gasteiger partial charge in [-0.15, -0.1) is 0 Å². The van der Waals surface area contributed by atoms with Gasteiger partial charge in [0, 0.05) is 0 Å². The lowest BCUT2D eigenvalue weighted by molar-refractivity contribution is -0.105. The predicted octanol–water partition coefficient (Wildman–Crippen LogP) is 4.15. The average Bonchev–Trinajstić information content (AvgIpc) is 2.14. The Morgan fingerprint density at radius 2 is 1.80 bits per heavy atom. The van der Waals surface area contributed by atoms with Crippen molar-refractivity contribution in [3.63, 3.8) is 0 Å². The summed E-state index contributed by atoms with van der Waals surface area (Å²) in [6.45, 7) is 16.6. The van der Waals surface area contributed by atoms with Crippen LogP contribution in [0.5, 0.6) is 0 Å². The molecule has 0 amide bonds. The first kappa shape index (κ1) is 14.2. The monoisotopic (exact) mass is 208 g/mol. The Kier molecular flexibility index (Phi) is 4.99. The summed E-state index contributed by atoms with van der Waals surface area (Å²) in [6.07, 6.45) is 1.85. The molecule has 0 spiro atoms. The highest BCUT2D eigenvalue weighted by molar-refractivity contribution is 5.74. The molecule has 0 aromatic rings. The second kappa shape index (κ2) is 5.29. The lowest BCUT2D eigenvalue weighted by atomic mass is 9.76. The zero-order valence-corrected chi connectivity index (χ0v) is 11.0. The van der Waals surface area contributed by atoms with Crippen molar-refractivity contribution in [1.29, 1.82) is 0 Å². The highest BCUT2D eigenvalue weighted by Gasteiger charge is 2.24. The smallest absolute Gasteiger partial charge is 0.145 e. The van der Waals surface area contributed by atoms with Gasteiger partial charge in [0.05, 0.1) is 0 Å². The second-order valence-electron chi connectivity index (χ2n) is 5.32. The molecule has 0 radical (unpaired) electrons. The molecule has 1 nitrogen and oxygen atoms in total. The van der Waals surface area contributed by atoms with Gasteiger partial charge in [-0.2, -0.15) is 0 Å². The molecule has 0 rings (SSSR count). The third-order valence-corrected chi connectivity index (χ3v) is 3.36. The molecule has 0 aliphatic heterocycles. The minimum Gasteiger partial charge on any atom is -0.298 e. The lowest BCUT2D eigenvalue weighted by Crippen LogP contribution is -2.19. The zero-order valence-electron chi connectivity index (χ0n) is 11.0. The predicted molar refractivity (Wildman–Crippen MR) is 66.8 cm³/mol. The fourth-order valence-electron chi connectivity index (χ4n) is 1.70. The summed E-state index contributed by atoms with van der Waals surface area (Å²) < 4.78 is 0. The van der Waals surface area contributed by atoms with Gasteiger partial charge in [0.2, 0.25) is 0 Å². The Morgan fingerprint density at radius 1 is 1.33 bits per heavy atom. The second-order valence-corrected chi connectivity index (χ2v) is 5.32. The third kappa shape index (κ3) is 4.03. The maximum atomic E-state index is 10.7. The normalized spacial score (nSPS) is 13.2. The average molecular weight is 208 g/mol. The van der Waals surface area contributed by atoms with Gasteiger partial charge in [-0.3, -0.25) is 4.79 Å². The minimum absolute atomic E-state index is 0.0993. The number of allylic oxidation sites excluding steroid dienone is 3. The molecule has 0 saturated heterocycles. The molecule has 0 aliphatic carbocycles. The van der Waals surface area contributed by atoms with Gasteiger partial charge >= 0.3 is 0 Å². The topological polar surface area (TPSA) is 17.1 Å². The van der Waals surface area contributed by atoms with Crippen molar-refractivity contribution < 1.29 is 4.79 Å². The van der Waals surface area contributed by atoms with Crippen molar-refractivity contribution in [2.45, 2.75) is 48.0 Å². The van der Waals surface area contributed by atoms with Gasteiger partial charge in [-0.05, 0) is 44.1 Å². The van der Waals surface area contributed by atoms with Crippen molar-refractivity contribution in [3.05, 3.63) is 23.3 Å². The molecule has 1 heteroatoms. The molecule has 0 fully saturated rings. The molecule has 0 aromatic carbocycles. The number of carbonyl (C=O) groups is 1. The molecule has 1 unspecified atom stereocenters. The summed E-state index contributed by atoms with van der Waals surface area (Å²) >= 11 is 0. The van der Waals surface area contributed by atoms with Crippen LogP contribution in [-0.4, -0.2) is 6.29 Å². The maximum Gasteiger partial charge on any atom is 0.145 e. The fraction of sp³-hybridized carbons (Fsp3) is 0.643. The highest BCUT2D eigenvalue weighted by atomic mass is 16.1. The third-order valence-electron chi connectivity index (χ3n) is 3.36. The van der Waals surface area contributed by atoms with Crippen molar-refractivity contribution in [2.75, 3.05) is 0 Å². The van der Waals surface area contributed by atoms with Crippen LogP contribution in [0.25, 0.3) is 0 Å². The summed E-state index contributed by atoms with van der Waals surface area (Å²) in [5, 5.41) is 0. The van der Waals surface area contributed by atoms with Crippen molar-refractivity contribution >= 4 is 6.29 Å². The molecule has 0 saturated carbocycles. The molecule has 15 heavy (non-hydrogen) atoms. The quantitative estimate of drug-likeness (QED) is 0.377. The van der Waals surface area contributed by atoms with Crippen LogP contribution in [0.4, 0.5) is 0 Å². The summed E-state index contributed by atoms with van der Waals surface area (Å²) in [5.74, 6) is 0.502. The molecule has 1 atom stereocenters. The fourth-order valence-corrected chi connectivity index (χ4v) is 1.70. The zero-order chi connectivity index (χ0) is 12.2.